The van der Waals surface area contributed by atoms with Crippen LogP contribution in [0.5, 0.6) is 0 Å². The number of amides is 2. The van der Waals surface area contributed by atoms with Crippen molar-refractivity contribution in [2.75, 3.05) is 16.8 Å². The van der Waals surface area contributed by atoms with Gasteiger partial charge in [0, 0.05) is 22.9 Å². The fourth-order valence-electron chi connectivity index (χ4n) is 2.77. The lowest BCUT2D eigenvalue weighted by Crippen LogP contribution is -2.32. The van der Waals surface area contributed by atoms with Crippen molar-refractivity contribution in [1.29, 1.82) is 0 Å². The van der Waals surface area contributed by atoms with Crippen molar-refractivity contribution >= 4 is 34.8 Å². The molecular weight excluding hydrogens is 312 g/mol. The molecule has 1 heterocycles. The summed E-state index contributed by atoms with van der Waals surface area (Å²) in [7, 11) is 0. The van der Waals surface area contributed by atoms with Gasteiger partial charge in [-0.25, -0.2) is 0 Å². The monoisotopic (exact) mass is 328 g/mol. The number of nitrogens with zero attached hydrogens (tertiary/aromatic N) is 1. The van der Waals surface area contributed by atoms with Crippen molar-refractivity contribution < 1.29 is 9.59 Å². The average Bonchev–Trinajstić information content (AvgIpc) is 2.96. The van der Waals surface area contributed by atoms with Gasteiger partial charge in [-0.05, 0) is 42.7 Å². The van der Waals surface area contributed by atoms with Crippen LogP contribution < -0.4 is 10.2 Å². The number of halogens is 1. The van der Waals surface area contributed by atoms with Crippen LogP contribution in [0.4, 0.5) is 11.4 Å². The first-order chi connectivity index (χ1) is 11.1. The quantitative estimate of drug-likeness (QED) is 0.876. The molecule has 0 bridgehead atoms. The van der Waals surface area contributed by atoms with E-state index in [4.69, 9.17) is 11.6 Å². The lowest BCUT2D eigenvalue weighted by Gasteiger charge is -2.17. The van der Waals surface area contributed by atoms with E-state index in [9.17, 15) is 9.59 Å². The van der Waals surface area contributed by atoms with E-state index in [1.807, 2.05) is 31.2 Å². The summed E-state index contributed by atoms with van der Waals surface area (Å²) in [6.45, 7) is 2.46. The van der Waals surface area contributed by atoms with E-state index >= 15 is 0 Å². The van der Waals surface area contributed by atoms with Crippen LogP contribution in [0.15, 0.2) is 42.5 Å². The van der Waals surface area contributed by atoms with Crippen molar-refractivity contribution in [2.45, 2.75) is 19.8 Å². The zero-order chi connectivity index (χ0) is 16.4. The Morgan fingerprint density at radius 3 is 2.78 bits per heavy atom. The normalized spacial score (nSPS) is 12.9. The molecule has 0 radical (unpaired) electrons. The number of hydrogen-bond donors (Lipinski definition) is 1. The molecule has 3 rings (SSSR count). The summed E-state index contributed by atoms with van der Waals surface area (Å²) in [5.41, 5.74) is 3.48. The van der Waals surface area contributed by atoms with Crippen LogP contribution in [0.25, 0.3) is 0 Å². The Kier molecular flexibility index (Phi) is 4.35. The number of hydrogen-bond acceptors (Lipinski definition) is 2. The fourth-order valence-corrected chi connectivity index (χ4v) is 2.94. The lowest BCUT2D eigenvalue weighted by atomic mass is 10.2. The number of anilines is 2. The second kappa shape index (κ2) is 6.42. The molecule has 1 aliphatic heterocycles. The van der Waals surface area contributed by atoms with E-state index in [0.717, 1.165) is 23.2 Å². The molecule has 0 aliphatic carbocycles. The molecule has 4 nitrogen and oxygen atoms in total. The van der Waals surface area contributed by atoms with Gasteiger partial charge in [0.15, 0.2) is 0 Å². The zero-order valence-electron chi connectivity index (χ0n) is 12.8. The van der Waals surface area contributed by atoms with Crippen molar-refractivity contribution in [2.24, 2.45) is 0 Å². The summed E-state index contributed by atoms with van der Waals surface area (Å²) >= 11 is 6.04. The third kappa shape index (κ3) is 3.22. The molecule has 23 heavy (non-hydrogen) atoms. The number of carbonyl (C=O) groups is 2. The van der Waals surface area contributed by atoms with E-state index in [0.29, 0.717) is 17.3 Å². The molecule has 5 heteroatoms. The molecule has 118 valence electrons. The van der Waals surface area contributed by atoms with Gasteiger partial charge in [-0.2, -0.15) is 0 Å². The Balaban J connectivity index is 1.67. The Morgan fingerprint density at radius 1 is 1.17 bits per heavy atom. The predicted octanol–water partition coefficient (Wildman–Crippen LogP) is 3.57. The summed E-state index contributed by atoms with van der Waals surface area (Å²) in [5.74, 6) is -0.517. The molecule has 0 saturated heterocycles. The fraction of sp³-hybridized carbons (Fsp3) is 0.222. The second-order valence-corrected chi connectivity index (χ2v) is 5.97. The Morgan fingerprint density at radius 2 is 1.96 bits per heavy atom. The van der Waals surface area contributed by atoms with Crippen LogP contribution in [0.2, 0.25) is 5.02 Å². The first-order valence-corrected chi connectivity index (χ1v) is 7.87. The minimum absolute atomic E-state index is 0.180. The van der Waals surface area contributed by atoms with Crippen LogP contribution in [-0.2, 0) is 16.0 Å². The van der Waals surface area contributed by atoms with Crippen LogP contribution in [0.3, 0.4) is 0 Å². The van der Waals surface area contributed by atoms with Crippen molar-refractivity contribution in [3.8, 4) is 0 Å². The number of rotatable bonds is 3. The summed E-state index contributed by atoms with van der Waals surface area (Å²) < 4.78 is 0. The van der Waals surface area contributed by atoms with Crippen molar-refractivity contribution in [1.82, 2.24) is 0 Å². The number of carbonyl (C=O) groups excluding carboxylic acids is 2. The average molecular weight is 329 g/mol. The minimum atomic E-state index is -0.329. The van der Waals surface area contributed by atoms with Gasteiger partial charge < -0.3 is 10.2 Å². The van der Waals surface area contributed by atoms with Crippen LogP contribution in [0.1, 0.15) is 17.5 Å². The highest BCUT2D eigenvalue weighted by molar-refractivity contribution is 6.31. The molecule has 0 spiro atoms. The van der Waals surface area contributed by atoms with Gasteiger partial charge in [-0.15, -0.1) is 0 Å². The third-order valence-electron chi connectivity index (χ3n) is 4.04. The SMILES string of the molecule is Cc1c(Cl)cccc1NC(=O)CC(=O)N1CCc2ccccc21. The molecule has 2 amide bonds. The maximum absolute atomic E-state index is 12.4. The first-order valence-electron chi connectivity index (χ1n) is 7.49. The summed E-state index contributed by atoms with van der Waals surface area (Å²) in [5, 5.41) is 3.34. The Bertz CT molecular complexity index is 773. The second-order valence-electron chi connectivity index (χ2n) is 5.56. The smallest absolute Gasteiger partial charge is 0.236 e. The van der Waals surface area contributed by atoms with E-state index < -0.39 is 0 Å². The molecule has 0 aromatic heterocycles. The highest BCUT2D eigenvalue weighted by Crippen LogP contribution is 2.28. The minimum Gasteiger partial charge on any atom is -0.325 e. The maximum atomic E-state index is 12.4. The van der Waals surface area contributed by atoms with Crippen molar-refractivity contribution in [3.63, 3.8) is 0 Å². The topological polar surface area (TPSA) is 49.4 Å². The number of fused-ring (bicyclic) bond motifs is 1. The molecule has 2 aromatic carbocycles. The predicted molar refractivity (Wildman–Crippen MR) is 91.9 cm³/mol. The first kappa shape index (κ1) is 15.6. The zero-order valence-corrected chi connectivity index (χ0v) is 13.6. The Hall–Kier alpha value is -2.33. The molecular formula is C18H17ClN2O2. The third-order valence-corrected chi connectivity index (χ3v) is 4.45. The van der Waals surface area contributed by atoms with Gasteiger partial charge >= 0.3 is 0 Å². The summed E-state index contributed by atoms with van der Waals surface area (Å²) in [4.78, 5) is 26.2. The van der Waals surface area contributed by atoms with Crippen LogP contribution in [-0.4, -0.2) is 18.4 Å². The molecule has 1 N–H and O–H groups in total. The van der Waals surface area contributed by atoms with Crippen molar-refractivity contribution in [3.05, 3.63) is 58.6 Å². The van der Waals surface area contributed by atoms with Gasteiger partial charge in [-0.3, -0.25) is 9.59 Å². The highest BCUT2D eigenvalue weighted by Gasteiger charge is 2.25. The van der Waals surface area contributed by atoms with Crippen LogP contribution >= 0.6 is 11.6 Å². The number of para-hydroxylation sites is 1. The van der Waals surface area contributed by atoms with Gasteiger partial charge in [-0.1, -0.05) is 35.9 Å². The van der Waals surface area contributed by atoms with E-state index in [-0.39, 0.29) is 18.2 Å². The Labute approximate surface area is 140 Å². The van der Waals surface area contributed by atoms with E-state index in [2.05, 4.69) is 5.32 Å². The molecule has 0 saturated carbocycles. The van der Waals surface area contributed by atoms with Gasteiger partial charge in [0.2, 0.25) is 11.8 Å². The van der Waals surface area contributed by atoms with E-state index in [1.54, 1.807) is 23.1 Å². The summed E-state index contributed by atoms with van der Waals surface area (Å²) in [6, 6.07) is 13.1. The molecule has 0 atom stereocenters. The standard InChI is InChI=1S/C18H17ClN2O2/c1-12-14(19)6-4-7-15(12)20-17(22)11-18(23)21-10-9-13-5-2-3-8-16(13)21/h2-8H,9-11H2,1H3,(H,20,22). The maximum Gasteiger partial charge on any atom is 0.236 e. The largest absolute Gasteiger partial charge is 0.325 e. The molecule has 0 fully saturated rings. The number of nitrogens with one attached hydrogen (secondary N) is 1. The van der Waals surface area contributed by atoms with Gasteiger partial charge in [0.25, 0.3) is 0 Å². The highest BCUT2D eigenvalue weighted by atomic mass is 35.5. The van der Waals surface area contributed by atoms with Crippen LogP contribution in [0, 0.1) is 6.92 Å². The molecule has 1 aliphatic rings. The summed E-state index contributed by atoms with van der Waals surface area (Å²) in [6.07, 6.45) is 0.650. The lowest BCUT2D eigenvalue weighted by molar-refractivity contribution is -0.125. The number of benzene rings is 2. The van der Waals surface area contributed by atoms with Gasteiger partial charge in [0.05, 0.1) is 0 Å². The molecule has 2 aromatic rings. The van der Waals surface area contributed by atoms with E-state index in [1.165, 1.54) is 0 Å². The molecule has 0 unspecified atom stereocenters. The van der Waals surface area contributed by atoms with Gasteiger partial charge in [0.1, 0.15) is 6.42 Å².